The molecule has 0 radical (unpaired) electrons. The summed E-state index contributed by atoms with van der Waals surface area (Å²) in [5, 5.41) is 3.47. The Kier molecular flexibility index (Phi) is 3.42. The molecular weight excluding hydrogens is 224 g/mol. The smallest absolute Gasteiger partial charge is 0.192 e. The van der Waals surface area contributed by atoms with Gasteiger partial charge in [-0.3, -0.25) is 0 Å². The Labute approximate surface area is 108 Å². The molecule has 2 heterocycles. The normalized spacial score (nSPS) is 23.9. The lowest BCUT2D eigenvalue weighted by Crippen LogP contribution is -2.35. The van der Waals surface area contributed by atoms with E-state index in [1.54, 1.807) is 0 Å². The third-order valence-electron chi connectivity index (χ3n) is 3.45. The largest absolute Gasteiger partial charge is 0.480 e. The quantitative estimate of drug-likeness (QED) is 0.820. The maximum atomic E-state index is 5.74. The van der Waals surface area contributed by atoms with E-state index in [2.05, 4.69) is 34.6 Å². The van der Waals surface area contributed by atoms with Gasteiger partial charge in [-0.1, -0.05) is 30.3 Å². The summed E-state index contributed by atoms with van der Waals surface area (Å²) in [6, 6.07) is 10.5. The zero-order chi connectivity index (χ0) is 12.2. The maximum absolute atomic E-state index is 5.74. The highest BCUT2D eigenvalue weighted by Crippen LogP contribution is 2.27. The van der Waals surface area contributed by atoms with E-state index in [0.717, 1.165) is 38.4 Å². The second kappa shape index (κ2) is 5.36. The van der Waals surface area contributed by atoms with Gasteiger partial charge in [0.05, 0.1) is 12.5 Å². The average molecular weight is 242 g/mol. The lowest BCUT2D eigenvalue weighted by atomic mass is 9.92. The molecular formula is C15H18N2O. The van der Waals surface area contributed by atoms with Crippen LogP contribution in [-0.2, 0) is 4.74 Å². The highest BCUT2D eigenvalue weighted by Gasteiger charge is 2.24. The molecule has 1 unspecified atom stereocenters. The van der Waals surface area contributed by atoms with E-state index >= 15 is 0 Å². The monoisotopic (exact) mass is 242 g/mol. The van der Waals surface area contributed by atoms with E-state index in [9.17, 15) is 0 Å². The average Bonchev–Trinajstić information content (AvgIpc) is 2.40. The van der Waals surface area contributed by atoms with Crippen LogP contribution in [0.4, 0.5) is 0 Å². The van der Waals surface area contributed by atoms with Crippen LogP contribution in [0.2, 0.25) is 0 Å². The fraction of sp³-hybridized carbons (Fsp3) is 0.400. The summed E-state index contributed by atoms with van der Waals surface area (Å²) in [6.45, 7) is 2.77. The van der Waals surface area contributed by atoms with E-state index in [1.165, 1.54) is 11.1 Å². The summed E-state index contributed by atoms with van der Waals surface area (Å²) in [6.07, 6.45) is 4.03. The Morgan fingerprint density at radius 3 is 3.00 bits per heavy atom. The molecule has 0 saturated carbocycles. The molecule has 0 amide bonds. The van der Waals surface area contributed by atoms with Gasteiger partial charge in [0.2, 0.25) is 0 Å². The van der Waals surface area contributed by atoms with E-state index in [1.807, 2.05) is 12.3 Å². The first-order valence-corrected chi connectivity index (χ1v) is 6.59. The molecule has 1 aromatic rings. The van der Waals surface area contributed by atoms with Crippen molar-refractivity contribution in [2.45, 2.75) is 12.8 Å². The molecule has 0 spiro atoms. The maximum Gasteiger partial charge on any atom is 0.192 e. The summed E-state index contributed by atoms with van der Waals surface area (Å²) in [5.41, 5.74) is 2.57. The van der Waals surface area contributed by atoms with Crippen LogP contribution in [0.3, 0.4) is 0 Å². The number of aliphatic imine (C=N–C) groups is 1. The minimum atomic E-state index is 0.380. The Morgan fingerprint density at radius 2 is 2.11 bits per heavy atom. The third kappa shape index (κ3) is 2.46. The van der Waals surface area contributed by atoms with Gasteiger partial charge in [-0.2, -0.15) is 0 Å². The Hall–Kier alpha value is -1.61. The van der Waals surface area contributed by atoms with Crippen molar-refractivity contribution < 1.29 is 4.74 Å². The van der Waals surface area contributed by atoms with E-state index in [4.69, 9.17) is 4.74 Å². The number of hydrogen-bond acceptors (Lipinski definition) is 3. The van der Waals surface area contributed by atoms with Crippen LogP contribution in [0, 0.1) is 5.92 Å². The minimum absolute atomic E-state index is 0.380. The van der Waals surface area contributed by atoms with Crippen LogP contribution in [0.1, 0.15) is 18.4 Å². The Morgan fingerprint density at radius 1 is 1.22 bits per heavy atom. The Bertz CT molecular complexity index is 465. The zero-order valence-corrected chi connectivity index (χ0v) is 10.4. The number of nitrogens with zero attached hydrogens (tertiary/aromatic N) is 1. The molecule has 3 heteroatoms. The fourth-order valence-corrected chi connectivity index (χ4v) is 2.46. The molecule has 1 atom stereocenters. The van der Waals surface area contributed by atoms with Crippen LogP contribution in [0.5, 0.6) is 0 Å². The van der Waals surface area contributed by atoms with Gasteiger partial charge >= 0.3 is 0 Å². The fourth-order valence-electron chi connectivity index (χ4n) is 2.46. The van der Waals surface area contributed by atoms with Crippen LogP contribution in [0.25, 0.3) is 5.57 Å². The first kappa shape index (κ1) is 11.5. The molecule has 3 rings (SSSR count). The van der Waals surface area contributed by atoms with Crippen molar-refractivity contribution in [3.8, 4) is 0 Å². The van der Waals surface area contributed by atoms with Crippen molar-refractivity contribution in [2.75, 3.05) is 19.7 Å². The number of benzene rings is 1. The van der Waals surface area contributed by atoms with Gasteiger partial charge < -0.3 is 10.1 Å². The minimum Gasteiger partial charge on any atom is -0.480 e. The molecule has 0 aromatic heterocycles. The number of nitrogens with one attached hydrogen (secondary N) is 1. The zero-order valence-electron chi connectivity index (χ0n) is 10.4. The van der Waals surface area contributed by atoms with Crippen LogP contribution in [-0.4, -0.2) is 25.6 Å². The van der Waals surface area contributed by atoms with Crippen molar-refractivity contribution in [1.82, 2.24) is 5.32 Å². The molecule has 1 aromatic carbocycles. The number of ether oxygens (including phenoxy) is 1. The SMILES string of the molecule is C1=C(c2ccccc2)CC2CNCCCOC2=N1. The van der Waals surface area contributed by atoms with Gasteiger partial charge in [0.25, 0.3) is 0 Å². The number of allylic oxidation sites excluding steroid dienone is 1. The predicted molar refractivity (Wildman–Crippen MR) is 73.4 cm³/mol. The molecule has 0 bridgehead atoms. The highest BCUT2D eigenvalue weighted by atomic mass is 16.5. The lowest BCUT2D eigenvalue weighted by molar-refractivity contribution is 0.256. The van der Waals surface area contributed by atoms with Gasteiger partial charge in [-0.05, 0) is 30.5 Å². The van der Waals surface area contributed by atoms with E-state index in [0.29, 0.717) is 5.92 Å². The van der Waals surface area contributed by atoms with Gasteiger partial charge in [0.15, 0.2) is 5.90 Å². The van der Waals surface area contributed by atoms with Crippen molar-refractivity contribution in [3.63, 3.8) is 0 Å². The van der Waals surface area contributed by atoms with Crippen molar-refractivity contribution in [3.05, 3.63) is 42.1 Å². The van der Waals surface area contributed by atoms with Gasteiger partial charge in [-0.25, -0.2) is 4.99 Å². The van der Waals surface area contributed by atoms with Gasteiger partial charge in [0.1, 0.15) is 0 Å². The van der Waals surface area contributed by atoms with Crippen molar-refractivity contribution in [1.29, 1.82) is 0 Å². The lowest BCUT2D eigenvalue weighted by Gasteiger charge is -2.26. The first-order valence-electron chi connectivity index (χ1n) is 6.59. The molecule has 0 aliphatic carbocycles. The van der Waals surface area contributed by atoms with Crippen molar-refractivity contribution >= 4 is 11.5 Å². The molecule has 2 aliphatic heterocycles. The predicted octanol–water partition coefficient (Wildman–Crippen LogP) is 2.46. The summed E-state index contributed by atoms with van der Waals surface area (Å²) >= 11 is 0. The van der Waals surface area contributed by atoms with Crippen LogP contribution in [0.15, 0.2) is 41.5 Å². The molecule has 2 aliphatic rings. The molecule has 94 valence electrons. The highest BCUT2D eigenvalue weighted by molar-refractivity contribution is 5.85. The second-order valence-electron chi connectivity index (χ2n) is 4.79. The standard InChI is InChI=1S/C15H18N2O/c1-2-5-12(6-3-1)13-9-14-10-16-7-4-8-18-15(14)17-11-13/h1-3,5-6,11,14,16H,4,7-10H2. The van der Waals surface area contributed by atoms with Gasteiger partial charge in [0, 0.05) is 12.7 Å². The molecule has 1 fully saturated rings. The summed E-state index contributed by atoms with van der Waals surface area (Å²) < 4.78 is 5.74. The van der Waals surface area contributed by atoms with Crippen molar-refractivity contribution in [2.24, 2.45) is 10.9 Å². The third-order valence-corrected chi connectivity index (χ3v) is 3.45. The Balaban J connectivity index is 1.83. The second-order valence-corrected chi connectivity index (χ2v) is 4.79. The van der Waals surface area contributed by atoms with Crippen LogP contribution < -0.4 is 5.32 Å². The molecule has 18 heavy (non-hydrogen) atoms. The summed E-state index contributed by atoms with van der Waals surface area (Å²) in [4.78, 5) is 4.50. The number of hydrogen-bond donors (Lipinski definition) is 1. The number of fused-ring (bicyclic) bond motifs is 1. The summed E-state index contributed by atoms with van der Waals surface area (Å²) in [7, 11) is 0. The summed E-state index contributed by atoms with van der Waals surface area (Å²) in [5.74, 6) is 1.28. The molecule has 1 saturated heterocycles. The van der Waals surface area contributed by atoms with Crippen LogP contribution >= 0.6 is 0 Å². The van der Waals surface area contributed by atoms with E-state index < -0.39 is 0 Å². The molecule has 1 N–H and O–H groups in total. The first-order chi connectivity index (χ1) is 8.93. The topological polar surface area (TPSA) is 33.6 Å². The molecule has 3 nitrogen and oxygen atoms in total. The van der Waals surface area contributed by atoms with Gasteiger partial charge in [-0.15, -0.1) is 0 Å². The number of rotatable bonds is 1. The van der Waals surface area contributed by atoms with E-state index in [-0.39, 0.29) is 0 Å².